The molecule has 4 aromatic carbocycles. The summed E-state index contributed by atoms with van der Waals surface area (Å²) in [6.07, 6.45) is 6.01. The number of methoxy groups -OCH3 is 1. The number of thioether (sulfide) groups is 1. The molecule has 232 valence electrons. The maximum absolute atomic E-state index is 12.8. The maximum Gasteiger partial charge on any atom is 0.252 e. The number of fused-ring (bicyclic) bond motifs is 1. The predicted molar refractivity (Wildman–Crippen MR) is 189 cm³/mol. The highest BCUT2D eigenvalue weighted by atomic mass is 32.2. The number of carbonyl (C=O) groups is 1. The summed E-state index contributed by atoms with van der Waals surface area (Å²) in [6.45, 7) is 3.69. The molecule has 0 fully saturated rings. The predicted octanol–water partition coefficient (Wildman–Crippen LogP) is 8.42. The van der Waals surface area contributed by atoms with E-state index in [1.54, 1.807) is 18.9 Å². The minimum atomic E-state index is -0.0226. The Morgan fingerprint density at radius 3 is 2.41 bits per heavy atom. The first kappa shape index (κ1) is 30.9. The molecule has 0 unspecified atom stereocenters. The summed E-state index contributed by atoms with van der Waals surface area (Å²) in [6, 6.07) is 34.8. The Kier molecular flexibility index (Phi) is 9.95. The van der Waals surface area contributed by atoms with Crippen LogP contribution in [-0.2, 0) is 17.9 Å². The van der Waals surface area contributed by atoms with Gasteiger partial charge in [-0.3, -0.25) is 4.79 Å². The van der Waals surface area contributed by atoms with Gasteiger partial charge in [0.1, 0.15) is 11.6 Å². The monoisotopic (exact) mass is 627 g/mol. The third-order valence-corrected chi connectivity index (χ3v) is 8.95. The number of likely N-dealkylation sites (N-methyl/N-ethyl adjacent to an activating group) is 1. The standard InChI is InChI=1S/C38H37N5O2S/c1-3-39-37(44)32-17-9-12-20-35(32)46-34-19-11-7-15-28(34)25-40-38-41-33-18-10-8-16-31(33)36(42-38)43(26-27-13-5-4-6-14-27)29-21-23-30(45-2)24-22-29/h4-8,10-11,13-24H,3,9,12,25-26H2,1-2H3,(H,39,44)(H,40,41,42). The van der Waals surface area contributed by atoms with E-state index in [2.05, 4.69) is 76.2 Å². The minimum absolute atomic E-state index is 0.0226. The highest BCUT2D eigenvalue weighted by molar-refractivity contribution is 8.03. The molecule has 1 amide bonds. The van der Waals surface area contributed by atoms with Crippen LogP contribution in [0.1, 0.15) is 30.9 Å². The molecule has 1 aliphatic rings. The van der Waals surface area contributed by atoms with Gasteiger partial charge in [0, 0.05) is 46.1 Å². The summed E-state index contributed by atoms with van der Waals surface area (Å²) < 4.78 is 5.44. The second kappa shape index (κ2) is 14.8. The van der Waals surface area contributed by atoms with Crippen molar-refractivity contribution in [3.63, 3.8) is 0 Å². The van der Waals surface area contributed by atoms with Crippen molar-refractivity contribution in [3.8, 4) is 5.75 Å². The number of ether oxygens (including phenoxy) is 1. The summed E-state index contributed by atoms with van der Waals surface area (Å²) in [4.78, 5) is 27.1. The lowest BCUT2D eigenvalue weighted by atomic mass is 10.1. The van der Waals surface area contributed by atoms with Gasteiger partial charge in [-0.1, -0.05) is 84.6 Å². The summed E-state index contributed by atoms with van der Waals surface area (Å²) >= 11 is 1.63. The fraction of sp³-hybridized carbons (Fsp3) is 0.184. The second-order valence-corrected chi connectivity index (χ2v) is 11.9. The molecule has 8 heteroatoms. The second-order valence-electron chi connectivity index (χ2n) is 10.8. The van der Waals surface area contributed by atoms with Crippen LogP contribution in [0, 0.1) is 0 Å². The van der Waals surface area contributed by atoms with E-state index < -0.39 is 0 Å². The van der Waals surface area contributed by atoms with Crippen molar-refractivity contribution in [2.45, 2.75) is 37.8 Å². The quantitative estimate of drug-likeness (QED) is 0.144. The zero-order valence-electron chi connectivity index (χ0n) is 26.1. The molecule has 6 rings (SSSR count). The number of hydrogen-bond acceptors (Lipinski definition) is 7. The Hall–Kier alpha value is -5.08. The number of hydrogen-bond donors (Lipinski definition) is 2. The largest absolute Gasteiger partial charge is 0.497 e. The first-order chi connectivity index (χ1) is 22.6. The van der Waals surface area contributed by atoms with E-state index in [0.717, 1.165) is 61.9 Å². The van der Waals surface area contributed by atoms with Crippen LogP contribution in [0.25, 0.3) is 10.9 Å². The van der Waals surface area contributed by atoms with E-state index in [1.807, 2.05) is 61.5 Å². The van der Waals surface area contributed by atoms with Gasteiger partial charge in [-0.25, -0.2) is 4.98 Å². The number of carbonyl (C=O) groups excluding carboxylic acids is 1. The molecule has 0 bridgehead atoms. The summed E-state index contributed by atoms with van der Waals surface area (Å²) in [5.74, 6) is 2.13. The minimum Gasteiger partial charge on any atom is -0.497 e. The number of amides is 1. The van der Waals surface area contributed by atoms with Crippen LogP contribution in [-0.4, -0.2) is 29.5 Å². The van der Waals surface area contributed by atoms with Gasteiger partial charge in [0.05, 0.1) is 12.6 Å². The molecule has 0 spiro atoms. The van der Waals surface area contributed by atoms with E-state index >= 15 is 0 Å². The van der Waals surface area contributed by atoms with Gasteiger partial charge in [0.25, 0.3) is 5.91 Å². The molecule has 1 heterocycles. The third kappa shape index (κ3) is 7.24. The van der Waals surface area contributed by atoms with Crippen LogP contribution >= 0.6 is 11.8 Å². The molecule has 2 N–H and O–H groups in total. The van der Waals surface area contributed by atoms with Gasteiger partial charge in [-0.15, -0.1) is 0 Å². The molecule has 0 aliphatic heterocycles. The van der Waals surface area contributed by atoms with Gasteiger partial charge < -0.3 is 20.3 Å². The topological polar surface area (TPSA) is 79.4 Å². The molecular formula is C38H37N5O2S. The van der Waals surface area contributed by atoms with E-state index in [0.29, 0.717) is 25.6 Å². The van der Waals surface area contributed by atoms with Crippen LogP contribution in [0.15, 0.2) is 131 Å². The highest BCUT2D eigenvalue weighted by Crippen LogP contribution is 2.37. The van der Waals surface area contributed by atoms with Gasteiger partial charge in [-0.2, -0.15) is 4.98 Å². The normalized spacial score (nSPS) is 12.7. The molecule has 0 saturated heterocycles. The van der Waals surface area contributed by atoms with Crippen molar-refractivity contribution in [3.05, 3.63) is 137 Å². The van der Waals surface area contributed by atoms with Crippen molar-refractivity contribution in [2.24, 2.45) is 0 Å². The van der Waals surface area contributed by atoms with Crippen LogP contribution in [0.5, 0.6) is 5.75 Å². The van der Waals surface area contributed by atoms with Gasteiger partial charge in [-0.05, 0) is 73.4 Å². The van der Waals surface area contributed by atoms with Gasteiger partial charge in [0.2, 0.25) is 5.95 Å². The molecule has 7 nitrogen and oxygen atoms in total. The molecular weight excluding hydrogens is 591 g/mol. The van der Waals surface area contributed by atoms with Gasteiger partial charge in [0.15, 0.2) is 0 Å². The number of rotatable bonds is 12. The van der Waals surface area contributed by atoms with Crippen molar-refractivity contribution >= 4 is 46.0 Å². The Morgan fingerprint density at radius 2 is 1.61 bits per heavy atom. The summed E-state index contributed by atoms with van der Waals surface area (Å²) in [5.41, 5.74) is 4.87. The molecule has 0 radical (unpaired) electrons. The van der Waals surface area contributed by atoms with E-state index in [9.17, 15) is 4.79 Å². The lowest BCUT2D eigenvalue weighted by Gasteiger charge is -2.26. The van der Waals surface area contributed by atoms with E-state index in [-0.39, 0.29) is 5.91 Å². The Morgan fingerprint density at radius 1 is 0.870 bits per heavy atom. The number of para-hydroxylation sites is 1. The molecule has 0 saturated carbocycles. The van der Waals surface area contributed by atoms with E-state index in [1.165, 1.54) is 5.56 Å². The van der Waals surface area contributed by atoms with Crippen molar-refractivity contribution in [1.82, 2.24) is 15.3 Å². The van der Waals surface area contributed by atoms with Crippen LogP contribution in [0.2, 0.25) is 0 Å². The average molecular weight is 628 g/mol. The summed E-state index contributed by atoms with van der Waals surface area (Å²) in [5, 5.41) is 7.43. The molecule has 46 heavy (non-hydrogen) atoms. The average Bonchev–Trinajstić information content (AvgIpc) is 3.11. The molecule has 1 aromatic heterocycles. The van der Waals surface area contributed by atoms with Crippen LogP contribution in [0.3, 0.4) is 0 Å². The molecule has 1 aliphatic carbocycles. The van der Waals surface area contributed by atoms with Crippen molar-refractivity contribution < 1.29 is 9.53 Å². The summed E-state index contributed by atoms with van der Waals surface area (Å²) in [7, 11) is 1.67. The number of allylic oxidation sites excluding steroid dienone is 2. The third-order valence-electron chi connectivity index (χ3n) is 7.73. The number of nitrogens with zero attached hydrogens (tertiary/aromatic N) is 3. The van der Waals surface area contributed by atoms with Crippen LogP contribution in [0.4, 0.5) is 17.5 Å². The number of anilines is 3. The molecule has 0 atom stereocenters. The zero-order valence-corrected chi connectivity index (χ0v) is 26.9. The van der Waals surface area contributed by atoms with Crippen LogP contribution < -0.4 is 20.3 Å². The first-order valence-corrected chi connectivity index (χ1v) is 16.4. The number of benzene rings is 4. The number of aromatic nitrogens is 2. The zero-order chi connectivity index (χ0) is 31.7. The Labute approximate surface area is 274 Å². The lowest BCUT2D eigenvalue weighted by Crippen LogP contribution is -2.25. The van der Waals surface area contributed by atoms with E-state index in [4.69, 9.17) is 14.7 Å². The lowest BCUT2D eigenvalue weighted by molar-refractivity contribution is -0.117. The van der Waals surface area contributed by atoms with Crippen molar-refractivity contribution in [2.75, 3.05) is 23.9 Å². The maximum atomic E-state index is 12.8. The fourth-order valence-corrected chi connectivity index (χ4v) is 6.56. The molecule has 5 aromatic rings. The Bertz CT molecular complexity index is 1870. The smallest absolute Gasteiger partial charge is 0.252 e. The fourth-order valence-electron chi connectivity index (χ4n) is 5.41. The van der Waals surface area contributed by atoms with Crippen molar-refractivity contribution in [1.29, 1.82) is 0 Å². The highest BCUT2D eigenvalue weighted by Gasteiger charge is 2.20. The first-order valence-electron chi connectivity index (χ1n) is 15.5. The number of nitrogens with one attached hydrogen (secondary N) is 2. The Balaban J connectivity index is 1.32. The SMILES string of the molecule is CCNC(=O)C1=CCCC=C1Sc1ccccc1CNc1nc(N(Cc2ccccc2)c2ccc(OC)cc2)c2ccccc2n1. The van der Waals surface area contributed by atoms with Gasteiger partial charge >= 0.3 is 0 Å².